The van der Waals surface area contributed by atoms with Crippen LogP contribution in [-0.2, 0) is 6.54 Å². The Morgan fingerprint density at radius 1 is 1.33 bits per heavy atom. The van der Waals surface area contributed by atoms with Crippen molar-refractivity contribution in [3.63, 3.8) is 0 Å². The molecule has 1 rings (SSSR count). The van der Waals surface area contributed by atoms with E-state index in [2.05, 4.69) is 23.0 Å². The van der Waals surface area contributed by atoms with Crippen molar-refractivity contribution in [3.05, 3.63) is 49.3 Å². The van der Waals surface area contributed by atoms with Crippen LogP contribution in [0.4, 0.5) is 5.69 Å². The molecule has 0 saturated carbocycles. The van der Waals surface area contributed by atoms with Crippen LogP contribution in [0.15, 0.2) is 43.6 Å². The van der Waals surface area contributed by atoms with Crippen molar-refractivity contribution in [2.75, 3.05) is 18.8 Å². The number of anilines is 1. The molecule has 0 aliphatic heterocycles. The first-order valence-electron chi connectivity index (χ1n) is 4.91. The van der Waals surface area contributed by atoms with Gasteiger partial charge in [-0.2, -0.15) is 0 Å². The minimum atomic E-state index is 0.727. The molecule has 1 aromatic rings. The van der Waals surface area contributed by atoms with Crippen molar-refractivity contribution in [1.29, 1.82) is 0 Å². The molecule has 15 heavy (non-hydrogen) atoms. The van der Waals surface area contributed by atoms with Gasteiger partial charge in [-0.25, -0.2) is 0 Å². The van der Waals surface area contributed by atoms with E-state index in [1.165, 1.54) is 0 Å². The number of hydrogen-bond acceptors (Lipinski definition) is 3. The molecule has 0 saturated heterocycles. The standard InChI is InChI=1S/C12H17N3/c1-3-8-15(9-4-2)10-12-11(13)6-5-7-14-12/h3-7H,1-2,8-10,13H2. The van der Waals surface area contributed by atoms with Crippen LogP contribution in [0.25, 0.3) is 0 Å². The monoisotopic (exact) mass is 203 g/mol. The van der Waals surface area contributed by atoms with Gasteiger partial charge in [0.25, 0.3) is 0 Å². The van der Waals surface area contributed by atoms with Gasteiger partial charge in [-0.1, -0.05) is 12.2 Å². The lowest BCUT2D eigenvalue weighted by Crippen LogP contribution is -2.24. The Balaban J connectivity index is 2.68. The topological polar surface area (TPSA) is 42.2 Å². The molecule has 0 spiro atoms. The van der Waals surface area contributed by atoms with E-state index >= 15 is 0 Å². The van der Waals surface area contributed by atoms with Crippen molar-refractivity contribution in [1.82, 2.24) is 9.88 Å². The summed E-state index contributed by atoms with van der Waals surface area (Å²) < 4.78 is 0. The second-order valence-corrected chi connectivity index (χ2v) is 3.31. The van der Waals surface area contributed by atoms with Crippen LogP contribution in [-0.4, -0.2) is 23.0 Å². The second-order valence-electron chi connectivity index (χ2n) is 3.31. The fourth-order valence-corrected chi connectivity index (χ4v) is 1.36. The number of aromatic nitrogens is 1. The third-order valence-electron chi connectivity index (χ3n) is 2.07. The Bertz CT molecular complexity index is 323. The molecule has 2 N–H and O–H groups in total. The third kappa shape index (κ3) is 3.56. The van der Waals surface area contributed by atoms with E-state index in [9.17, 15) is 0 Å². The highest BCUT2D eigenvalue weighted by atomic mass is 15.1. The molecule has 1 heterocycles. The van der Waals surface area contributed by atoms with E-state index in [0.717, 1.165) is 31.0 Å². The van der Waals surface area contributed by atoms with E-state index in [4.69, 9.17) is 5.73 Å². The molecule has 0 aliphatic carbocycles. The van der Waals surface area contributed by atoms with Gasteiger partial charge in [-0.05, 0) is 12.1 Å². The average Bonchev–Trinajstić information content (AvgIpc) is 2.22. The molecular formula is C12H17N3. The maximum absolute atomic E-state index is 5.82. The maximum atomic E-state index is 5.82. The van der Waals surface area contributed by atoms with E-state index in [-0.39, 0.29) is 0 Å². The zero-order valence-electron chi connectivity index (χ0n) is 8.89. The summed E-state index contributed by atoms with van der Waals surface area (Å²) in [5.41, 5.74) is 7.46. The number of nitrogens with two attached hydrogens (primary N) is 1. The van der Waals surface area contributed by atoms with Crippen LogP contribution < -0.4 is 5.73 Å². The Kier molecular flexibility index (Phi) is 4.57. The highest BCUT2D eigenvalue weighted by molar-refractivity contribution is 5.41. The minimum Gasteiger partial charge on any atom is -0.397 e. The van der Waals surface area contributed by atoms with Gasteiger partial charge in [0.1, 0.15) is 0 Å². The molecule has 3 heteroatoms. The number of pyridine rings is 1. The van der Waals surface area contributed by atoms with Gasteiger partial charge in [0.05, 0.1) is 11.4 Å². The lowest BCUT2D eigenvalue weighted by Gasteiger charge is -2.18. The van der Waals surface area contributed by atoms with Gasteiger partial charge >= 0.3 is 0 Å². The fourth-order valence-electron chi connectivity index (χ4n) is 1.36. The van der Waals surface area contributed by atoms with Crippen molar-refractivity contribution < 1.29 is 0 Å². The molecule has 0 aliphatic rings. The van der Waals surface area contributed by atoms with E-state index < -0.39 is 0 Å². The highest BCUT2D eigenvalue weighted by Crippen LogP contribution is 2.09. The minimum absolute atomic E-state index is 0.727. The maximum Gasteiger partial charge on any atom is 0.0772 e. The first-order chi connectivity index (χ1) is 7.27. The number of hydrogen-bond donors (Lipinski definition) is 1. The van der Waals surface area contributed by atoms with Gasteiger partial charge in [-0.15, -0.1) is 13.2 Å². The van der Waals surface area contributed by atoms with Gasteiger partial charge in [-0.3, -0.25) is 9.88 Å². The molecule has 0 unspecified atom stereocenters. The summed E-state index contributed by atoms with van der Waals surface area (Å²) in [6.45, 7) is 9.78. The molecular weight excluding hydrogens is 186 g/mol. The van der Waals surface area contributed by atoms with Crippen LogP contribution in [0.3, 0.4) is 0 Å². The fraction of sp³-hybridized carbons (Fsp3) is 0.250. The molecule has 80 valence electrons. The predicted molar refractivity (Wildman–Crippen MR) is 64.3 cm³/mol. The van der Waals surface area contributed by atoms with Crippen molar-refractivity contribution in [2.45, 2.75) is 6.54 Å². The summed E-state index contributed by atoms with van der Waals surface area (Å²) in [6.07, 6.45) is 5.48. The third-order valence-corrected chi connectivity index (χ3v) is 2.07. The summed E-state index contributed by atoms with van der Waals surface area (Å²) in [7, 11) is 0. The summed E-state index contributed by atoms with van der Waals surface area (Å²) in [5.74, 6) is 0. The Hall–Kier alpha value is -1.61. The van der Waals surface area contributed by atoms with Crippen LogP contribution in [0.5, 0.6) is 0 Å². The molecule has 0 aromatic carbocycles. The van der Waals surface area contributed by atoms with Gasteiger partial charge in [0.2, 0.25) is 0 Å². The Morgan fingerprint density at radius 2 is 2.00 bits per heavy atom. The normalized spacial score (nSPS) is 10.2. The summed E-state index contributed by atoms with van der Waals surface area (Å²) in [4.78, 5) is 6.41. The first kappa shape index (κ1) is 11.5. The second kappa shape index (κ2) is 5.98. The average molecular weight is 203 g/mol. The summed E-state index contributed by atoms with van der Waals surface area (Å²) >= 11 is 0. The van der Waals surface area contributed by atoms with Crippen LogP contribution in [0, 0.1) is 0 Å². The largest absolute Gasteiger partial charge is 0.397 e. The molecule has 1 aromatic heterocycles. The predicted octanol–water partition coefficient (Wildman–Crippen LogP) is 1.84. The molecule has 3 nitrogen and oxygen atoms in total. The summed E-state index contributed by atoms with van der Waals surface area (Å²) in [5, 5.41) is 0. The Morgan fingerprint density at radius 3 is 2.53 bits per heavy atom. The quantitative estimate of drug-likeness (QED) is 0.717. The number of nitrogens with zero attached hydrogens (tertiary/aromatic N) is 2. The number of nitrogen functional groups attached to an aromatic ring is 1. The summed E-state index contributed by atoms with van der Waals surface area (Å²) in [6, 6.07) is 3.70. The van der Waals surface area contributed by atoms with Crippen LogP contribution in [0.1, 0.15) is 5.69 Å². The zero-order chi connectivity index (χ0) is 11.1. The molecule has 0 fully saturated rings. The van der Waals surface area contributed by atoms with E-state index in [1.807, 2.05) is 24.3 Å². The lowest BCUT2D eigenvalue weighted by molar-refractivity contribution is 0.324. The molecule has 0 amide bonds. The van der Waals surface area contributed by atoms with Crippen LogP contribution >= 0.6 is 0 Å². The van der Waals surface area contributed by atoms with Crippen molar-refractivity contribution >= 4 is 5.69 Å². The zero-order valence-corrected chi connectivity index (χ0v) is 8.89. The number of rotatable bonds is 6. The van der Waals surface area contributed by atoms with Crippen molar-refractivity contribution in [3.8, 4) is 0 Å². The molecule has 0 bridgehead atoms. The van der Waals surface area contributed by atoms with E-state index in [0.29, 0.717) is 0 Å². The van der Waals surface area contributed by atoms with Gasteiger partial charge < -0.3 is 5.73 Å². The SMILES string of the molecule is C=CCN(CC=C)Cc1ncccc1N. The van der Waals surface area contributed by atoms with Gasteiger partial charge in [0.15, 0.2) is 0 Å². The molecule has 0 atom stereocenters. The smallest absolute Gasteiger partial charge is 0.0772 e. The lowest BCUT2D eigenvalue weighted by atomic mass is 10.3. The van der Waals surface area contributed by atoms with E-state index in [1.54, 1.807) is 6.20 Å². The highest BCUT2D eigenvalue weighted by Gasteiger charge is 2.05. The molecule has 0 radical (unpaired) electrons. The van der Waals surface area contributed by atoms with Crippen molar-refractivity contribution in [2.24, 2.45) is 0 Å². The van der Waals surface area contributed by atoms with Crippen LogP contribution in [0.2, 0.25) is 0 Å². The first-order valence-corrected chi connectivity index (χ1v) is 4.91. The Labute approximate surface area is 90.9 Å². The van der Waals surface area contributed by atoms with Gasteiger partial charge in [0, 0.05) is 25.8 Å².